The molecule has 0 atom stereocenters. The second kappa shape index (κ2) is 7.43. The van der Waals surface area contributed by atoms with Crippen LogP contribution in [0.25, 0.3) is 5.82 Å². The number of nitrogens with zero attached hydrogens (tertiary/aromatic N) is 5. The van der Waals surface area contributed by atoms with Crippen LogP contribution in [0.2, 0.25) is 0 Å². The second-order valence-corrected chi connectivity index (χ2v) is 5.62. The number of anilines is 1. The largest absolute Gasteiger partial charge is 0.378 e. The normalized spacial score (nSPS) is 11.1. The summed E-state index contributed by atoms with van der Waals surface area (Å²) in [6, 6.07) is 0. The van der Waals surface area contributed by atoms with Crippen molar-refractivity contribution in [3.05, 3.63) is 47.0 Å². The van der Waals surface area contributed by atoms with E-state index in [1.807, 2.05) is 26.8 Å². The molecule has 0 aliphatic rings. The van der Waals surface area contributed by atoms with Gasteiger partial charge in [-0.25, -0.2) is 4.63 Å². The number of rotatable bonds is 6. The van der Waals surface area contributed by atoms with Gasteiger partial charge in [-0.15, -0.1) is 5.10 Å². The number of hydrogen-bond acceptors (Lipinski definition) is 8. The molecule has 0 spiro atoms. The van der Waals surface area contributed by atoms with Crippen molar-refractivity contribution >= 4 is 11.7 Å². The summed E-state index contributed by atoms with van der Waals surface area (Å²) in [6.45, 7) is 11.4. The van der Waals surface area contributed by atoms with E-state index in [4.69, 9.17) is 5.73 Å². The molecule has 0 radical (unpaired) electrons. The average molecular weight is 344 g/mol. The molecule has 0 aliphatic heterocycles. The number of allylic oxidation sites excluding steroid dienone is 4. The molecular weight excluding hydrogens is 324 g/mol. The quantitative estimate of drug-likeness (QED) is 0.525. The summed E-state index contributed by atoms with van der Waals surface area (Å²) in [4.78, 5) is 12.2. The maximum Gasteiger partial charge on any atom is 0.292 e. The molecule has 0 saturated heterocycles. The van der Waals surface area contributed by atoms with Crippen LogP contribution < -0.4 is 16.6 Å². The third-order valence-corrected chi connectivity index (χ3v) is 3.06. The van der Waals surface area contributed by atoms with Gasteiger partial charge in [0.05, 0.1) is 5.69 Å². The van der Waals surface area contributed by atoms with Crippen molar-refractivity contribution < 1.29 is 9.42 Å². The van der Waals surface area contributed by atoms with Gasteiger partial charge in [-0.05, 0) is 49.7 Å². The standard InChI is InChI=1S/C15H20N8O2/c1-8(2)6-9(3)7-10(4)17-19-15(24)12-11(5)23(22-18-12)14-13(16)20-25-21-14/h6-7,17H,4H2,1-3,5H3,(H2,16,20)(H,19,24). The van der Waals surface area contributed by atoms with E-state index in [9.17, 15) is 4.79 Å². The Morgan fingerprint density at radius 2 is 1.96 bits per heavy atom. The highest BCUT2D eigenvalue weighted by Gasteiger charge is 2.20. The Kier molecular flexibility index (Phi) is 5.32. The van der Waals surface area contributed by atoms with E-state index in [2.05, 4.69) is 42.7 Å². The molecule has 2 heterocycles. The van der Waals surface area contributed by atoms with Crippen LogP contribution in [0.15, 0.2) is 40.2 Å². The fourth-order valence-corrected chi connectivity index (χ4v) is 2.08. The van der Waals surface area contributed by atoms with Crippen LogP contribution >= 0.6 is 0 Å². The molecule has 0 unspecified atom stereocenters. The van der Waals surface area contributed by atoms with Gasteiger partial charge in [0.2, 0.25) is 11.6 Å². The molecule has 4 N–H and O–H groups in total. The van der Waals surface area contributed by atoms with E-state index in [1.165, 1.54) is 10.3 Å². The van der Waals surface area contributed by atoms with Gasteiger partial charge in [0.1, 0.15) is 0 Å². The molecule has 10 heteroatoms. The molecule has 0 bridgehead atoms. The molecule has 1 amide bonds. The van der Waals surface area contributed by atoms with Gasteiger partial charge in [0.25, 0.3) is 5.91 Å². The number of carbonyl (C=O) groups is 1. The zero-order chi connectivity index (χ0) is 18.6. The fourth-order valence-electron chi connectivity index (χ4n) is 2.08. The van der Waals surface area contributed by atoms with Crippen LogP contribution in [0.3, 0.4) is 0 Å². The first kappa shape index (κ1) is 17.9. The molecule has 0 fully saturated rings. The Morgan fingerprint density at radius 3 is 2.56 bits per heavy atom. The van der Waals surface area contributed by atoms with Gasteiger partial charge < -0.3 is 5.73 Å². The van der Waals surface area contributed by atoms with Crippen molar-refractivity contribution in [2.75, 3.05) is 5.73 Å². The minimum atomic E-state index is -0.479. The number of aromatic nitrogens is 5. The van der Waals surface area contributed by atoms with E-state index >= 15 is 0 Å². The summed E-state index contributed by atoms with van der Waals surface area (Å²) < 4.78 is 5.79. The molecule has 132 valence electrons. The lowest BCUT2D eigenvalue weighted by Gasteiger charge is -2.08. The summed E-state index contributed by atoms with van der Waals surface area (Å²) in [5, 5.41) is 14.8. The summed E-state index contributed by atoms with van der Waals surface area (Å²) in [6.07, 6.45) is 3.81. The Bertz CT molecular complexity index is 855. The second-order valence-electron chi connectivity index (χ2n) is 5.62. The van der Waals surface area contributed by atoms with Crippen LogP contribution in [-0.2, 0) is 0 Å². The number of carbonyl (C=O) groups excluding carboxylic acids is 1. The summed E-state index contributed by atoms with van der Waals surface area (Å²) in [7, 11) is 0. The highest BCUT2D eigenvalue weighted by molar-refractivity contribution is 5.93. The summed E-state index contributed by atoms with van der Waals surface area (Å²) in [5.74, 6) is -0.263. The predicted molar refractivity (Wildman–Crippen MR) is 91.3 cm³/mol. The summed E-state index contributed by atoms with van der Waals surface area (Å²) >= 11 is 0. The van der Waals surface area contributed by atoms with Gasteiger partial charge in [0, 0.05) is 5.70 Å². The van der Waals surface area contributed by atoms with E-state index in [1.54, 1.807) is 13.0 Å². The fraction of sp³-hybridized carbons (Fsp3) is 0.267. The van der Waals surface area contributed by atoms with Crippen molar-refractivity contribution in [3.8, 4) is 5.82 Å². The highest BCUT2D eigenvalue weighted by atomic mass is 16.6. The van der Waals surface area contributed by atoms with Crippen LogP contribution in [0.4, 0.5) is 5.82 Å². The van der Waals surface area contributed by atoms with Gasteiger partial charge >= 0.3 is 0 Å². The zero-order valence-corrected chi connectivity index (χ0v) is 14.5. The van der Waals surface area contributed by atoms with Crippen LogP contribution in [0.1, 0.15) is 37.0 Å². The maximum absolute atomic E-state index is 12.2. The van der Waals surface area contributed by atoms with Crippen LogP contribution in [-0.4, -0.2) is 31.2 Å². The van der Waals surface area contributed by atoms with E-state index in [0.29, 0.717) is 11.4 Å². The minimum Gasteiger partial charge on any atom is -0.378 e. The molecule has 0 saturated carbocycles. The van der Waals surface area contributed by atoms with E-state index in [0.717, 1.165) is 5.57 Å². The molecule has 2 aromatic heterocycles. The molecule has 0 aliphatic carbocycles. The van der Waals surface area contributed by atoms with Crippen molar-refractivity contribution in [1.29, 1.82) is 0 Å². The van der Waals surface area contributed by atoms with Crippen molar-refractivity contribution in [2.45, 2.75) is 27.7 Å². The van der Waals surface area contributed by atoms with E-state index in [-0.39, 0.29) is 17.3 Å². The Hall–Kier alpha value is -3.43. The van der Waals surface area contributed by atoms with Crippen molar-refractivity contribution in [1.82, 2.24) is 36.2 Å². The maximum atomic E-state index is 12.2. The molecule has 10 nitrogen and oxygen atoms in total. The van der Waals surface area contributed by atoms with Crippen molar-refractivity contribution in [2.24, 2.45) is 0 Å². The van der Waals surface area contributed by atoms with Crippen LogP contribution in [0.5, 0.6) is 0 Å². The predicted octanol–water partition coefficient (Wildman–Crippen LogP) is 1.20. The number of nitrogens with one attached hydrogen (secondary N) is 2. The zero-order valence-electron chi connectivity index (χ0n) is 14.5. The SMILES string of the molecule is C=C(C=C(C)C=C(C)C)NNC(=O)c1nnn(-c2nonc2N)c1C. The number of hydrogen-bond donors (Lipinski definition) is 3. The first-order valence-electron chi connectivity index (χ1n) is 7.38. The molecule has 0 aromatic carbocycles. The number of nitrogen functional groups attached to an aromatic ring is 1. The third kappa shape index (κ3) is 4.31. The number of nitrogens with two attached hydrogens (primary N) is 1. The van der Waals surface area contributed by atoms with Gasteiger partial charge in [-0.1, -0.05) is 23.4 Å². The van der Waals surface area contributed by atoms with Gasteiger partial charge in [-0.3, -0.25) is 15.6 Å². The first-order valence-corrected chi connectivity index (χ1v) is 7.38. The lowest BCUT2D eigenvalue weighted by Crippen LogP contribution is -2.36. The lowest BCUT2D eigenvalue weighted by atomic mass is 10.2. The Balaban J connectivity index is 2.05. The topological polar surface area (TPSA) is 137 Å². The minimum absolute atomic E-state index is 0.0475. The lowest BCUT2D eigenvalue weighted by molar-refractivity contribution is 0.0933. The molecule has 25 heavy (non-hydrogen) atoms. The van der Waals surface area contributed by atoms with Crippen LogP contribution in [0, 0.1) is 6.92 Å². The molecular formula is C15H20N8O2. The smallest absolute Gasteiger partial charge is 0.292 e. The number of amides is 1. The average Bonchev–Trinajstić information content (AvgIpc) is 3.09. The third-order valence-electron chi connectivity index (χ3n) is 3.06. The van der Waals surface area contributed by atoms with Gasteiger partial charge in [-0.2, -0.15) is 4.68 Å². The highest BCUT2D eigenvalue weighted by Crippen LogP contribution is 2.14. The molecule has 2 rings (SSSR count). The first-order chi connectivity index (χ1) is 11.8. The molecule has 2 aromatic rings. The Labute approximate surface area is 144 Å². The Morgan fingerprint density at radius 1 is 1.24 bits per heavy atom. The number of hydrazine groups is 1. The summed E-state index contributed by atoms with van der Waals surface area (Å²) in [5.41, 5.74) is 14.1. The van der Waals surface area contributed by atoms with Crippen molar-refractivity contribution in [3.63, 3.8) is 0 Å². The van der Waals surface area contributed by atoms with Gasteiger partial charge in [0.15, 0.2) is 5.69 Å². The van der Waals surface area contributed by atoms with E-state index < -0.39 is 5.91 Å². The monoisotopic (exact) mass is 344 g/mol.